The molecule has 27 heavy (non-hydrogen) atoms. The van der Waals surface area contributed by atoms with Gasteiger partial charge in [-0.2, -0.15) is 5.10 Å². The number of guanidine groups is 1. The van der Waals surface area contributed by atoms with Crippen LogP contribution >= 0.6 is 24.0 Å². The summed E-state index contributed by atoms with van der Waals surface area (Å²) in [4.78, 5) is 4.62. The molecule has 0 aliphatic rings. The van der Waals surface area contributed by atoms with Gasteiger partial charge in [0.2, 0.25) is 0 Å². The summed E-state index contributed by atoms with van der Waals surface area (Å²) in [6, 6.07) is 3.98. The van der Waals surface area contributed by atoms with Crippen molar-refractivity contribution < 1.29 is 4.52 Å². The lowest BCUT2D eigenvalue weighted by Crippen LogP contribution is -2.40. The first-order valence-electron chi connectivity index (χ1n) is 9.61. The second-order valence-electron chi connectivity index (χ2n) is 6.64. The SMILES string of the molecule is CCNC(=NCc1cc(C(CC)CC)no1)NCC(C)Cn1cccn1.I. The molecule has 1 unspecified atom stereocenters. The Kier molecular flexibility index (Phi) is 11.1. The summed E-state index contributed by atoms with van der Waals surface area (Å²) < 4.78 is 7.40. The van der Waals surface area contributed by atoms with Crippen LogP contribution in [0.3, 0.4) is 0 Å². The third-order valence-electron chi connectivity index (χ3n) is 4.39. The highest BCUT2D eigenvalue weighted by atomic mass is 127. The van der Waals surface area contributed by atoms with E-state index in [-0.39, 0.29) is 24.0 Å². The molecular formula is C19H33IN6O. The molecule has 2 rings (SSSR count). The maximum absolute atomic E-state index is 5.45. The lowest BCUT2D eigenvalue weighted by Gasteiger charge is -2.15. The van der Waals surface area contributed by atoms with E-state index in [1.807, 2.05) is 23.0 Å². The largest absolute Gasteiger partial charge is 0.359 e. The number of nitrogens with one attached hydrogen (secondary N) is 2. The number of aliphatic imine (C=N–C) groups is 1. The Balaban J connectivity index is 0.00000364. The van der Waals surface area contributed by atoms with Crippen LogP contribution in [-0.2, 0) is 13.1 Å². The molecule has 0 spiro atoms. The molecule has 0 aromatic carbocycles. The van der Waals surface area contributed by atoms with Crippen molar-refractivity contribution in [1.82, 2.24) is 25.6 Å². The number of aromatic nitrogens is 3. The van der Waals surface area contributed by atoms with Crippen molar-refractivity contribution in [1.29, 1.82) is 0 Å². The summed E-state index contributed by atoms with van der Waals surface area (Å²) in [7, 11) is 0. The minimum absolute atomic E-state index is 0. The molecule has 0 bridgehead atoms. The number of hydrogen-bond acceptors (Lipinski definition) is 4. The predicted molar refractivity (Wildman–Crippen MR) is 119 cm³/mol. The van der Waals surface area contributed by atoms with Gasteiger partial charge in [-0.05, 0) is 31.7 Å². The van der Waals surface area contributed by atoms with E-state index in [1.165, 1.54) is 0 Å². The maximum Gasteiger partial charge on any atom is 0.191 e. The number of nitrogens with zero attached hydrogens (tertiary/aromatic N) is 4. The van der Waals surface area contributed by atoms with E-state index in [1.54, 1.807) is 6.20 Å². The molecule has 0 fully saturated rings. The van der Waals surface area contributed by atoms with Crippen LogP contribution < -0.4 is 10.6 Å². The van der Waals surface area contributed by atoms with Gasteiger partial charge in [0.15, 0.2) is 11.7 Å². The van der Waals surface area contributed by atoms with Gasteiger partial charge in [0.1, 0.15) is 6.54 Å². The highest BCUT2D eigenvalue weighted by Crippen LogP contribution is 2.22. The Labute approximate surface area is 179 Å². The molecule has 0 saturated carbocycles. The fourth-order valence-corrected chi connectivity index (χ4v) is 2.86. The van der Waals surface area contributed by atoms with Crippen molar-refractivity contribution in [3.63, 3.8) is 0 Å². The van der Waals surface area contributed by atoms with Gasteiger partial charge in [-0.3, -0.25) is 4.68 Å². The molecule has 152 valence electrons. The predicted octanol–water partition coefficient (Wildman–Crippen LogP) is 3.78. The van der Waals surface area contributed by atoms with Gasteiger partial charge in [0.05, 0.1) is 5.69 Å². The standard InChI is InChI=1S/C19H32N6O.HI/c1-5-16(6-2)18-11-17(26-24-18)13-22-19(20-7-3)21-12-15(4)14-25-10-8-9-23-25;/h8-11,15-16H,5-7,12-14H2,1-4H3,(H2,20,21,22);1H. The number of rotatable bonds is 10. The quantitative estimate of drug-likeness (QED) is 0.302. The summed E-state index contributed by atoms with van der Waals surface area (Å²) >= 11 is 0. The molecule has 2 N–H and O–H groups in total. The van der Waals surface area contributed by atoms with Crippen molar-refractivity contribution in [2.45, 2.75) is 59.5 Å². The van der Waals surface area contributed by atoms with E-state index in [0.29, 0.717) is 18.4 Å². The second-order valence-corrected chi connectivity index (χ2v) is 6.64. The van der Waals surface area contributed by atoms with Crippen molar-refractivity contribution >= 4 is 29.9 Å². The number of halogens is 1. The smallest absolute Gasteiger partial charge is 0.191 e. The minimum Gasteiger partial charge on any atom is -0.359 e. The van der Waals surface area contributed by atoms with Crippen LogP contribution in [0.5, 0.6) is 0 Å². The van der Waals surface area contributed by atoms with E-state index < -0.39 is 0 Å². The molecule has 7 nitrogen and oxygen atoms in total. The molecule has 2 heterocycles. The van der Waals surface area contributed by atoms with Gasteiger partial charge in [-0.1, -0.05) is 25.9 Å². The highest BCUT2D eigenvalue weighted by molar-refractivity contribution is 14.0. The first-order valence-corrected chi connectivity index (χ1v) is 9.61. The Morgan fingerprint density at radius 2 is 2.04 bits per heavy atom. The van der Waals surface area contributed by atoms with Gasteiger partial charge >= 0.3 is 0 Å². The van der Waals surface area contributed by atoms with E-state index in [2.05, 4.69) is 53.6 Å². The summed E-state index contributed by atoms with van der Waals surface area (Å²) in [6.07, 6.45) is 5.93. The molecule has 2 aromatic rings. The van der Waals surface area contributed by atoms with Crippen LogP contribution in [0.1, 0.15) is 57.9 Å². The molecule has 2 aromatic heterocycles. The average Bonchev–Trinajstić information content (AvgIpc) is 3.31. The lowest BCUT2D eigenvalue weighted by molar-refractivity contribution is 0.372. The van der Waals surface area contributed by atoms with Crippen molar-refractivity contribution in [3.8, 4) is 0 Å². The highest BCUT2D eigenvalue weighted by Gasteiger charge is 2.13. The zero-order valence-corrected chi connectivity index (χ0v) is 19.1. The summed E-state index contributed by atoms with van der Waals surface area (Å²) in [5.74, 6) is 2.49. The van der Waals surface area contributed by atoms with Gasteiger partial charge < -0.3 is 15.2 Å². The van der Waals surface area contributed by atoms with Crippen LogP contribution in [-0.4, -0.2) is 34.0 Å². The topological polar surface area (TPSA) is 80.3 Å². The van der Waals surface area contributed by atoms with Gasteiger partial charge in [0.25, 0.3) is 0 Å². The maximum atomic E-state index is 5.45. The van der Waals surface area contributed by atoms with Gasteiger partial charge in [-0.25, -0.2) is 4.99 Å². The zero-order valence-electron chi connectivity index (χ0n) is 16.8. The fourth-order valence-electron chi connectivity index (χ4n) is 2.86. The van der Waals surface area contributed by atoms with Crippen LogP contribution in [0.25, 0.3) is 0 Å². The average molecular weight is 488 g/mol. The summed E-state index contributed by atoms with van der Waals surface area (Å²) in [5, 5.41) is 15.1. The molecule has 0 aliphatic carbocycles. The third-order valence-corrected chi connectivity index (χ3v) is 4.39. The van der Waals surface area contributed by atoms with E-state index in [4.69, 9.17) is 4.52 Å². The van der Waals surface area contributed by atoms with Gasteiger partial charge in [0, 0.05) is 44.0 Å². The molecule has 8 heteroatoms. The van der Waals surface area contributed by atoms with E-state index >= 15 is 0 Å². The van der Waals surface area contributed by atoms with Crippen molar-refractivity contribution in [2.75, 3.05) is 13.1 Å². The van der Waals surface area contributed by atoms with Crippen molar-refractivity contribution in [2.24, 2.45) is 10.9 Å². The normalized spacial score (nSPS) is 12.7. The monoisotopic (exact) mass is 488 g/mol. The first-order chi connectivity index (χ1) is 12.7. The first kappa shape index (κ1) is 23.5. The Morgan fingerprint density at radius 1 is 1.26 bits per heavy atom. The Morgan fingerprint density at radius 3 is 2.67 bits per heavy atom. The molecule has 0 aliphatic heterocycles. The van der Waals surface area contributed by atoms with E-state index in [0.717, 1.165) is 49.9 Å². The summed E-state index contributed by atoms with van der Waals surface area (Å²) in [5.41, 5.74) is 1.03. The summed E-state index contributed by atoms with van der Waals surface area (Å²) in [6.45, 7) is 11.6. The Bertz CT molecular complexity index is 651. The molecular weight excluding hydrogens is 455 g/mol. The number of hydrogen-bond donors (Lipinski definition) is 2. The fraction of sp³-hybridized carbons (Fsp3) is 0.632. The van der Waals surface area contributed by atoms with Crippen LogP contribution in [0.2, 0.25) is 0 Å². The van der Waals surface area contributed by atoms with Crippen LogP contribution in [0, 0.1) is 5.92 Å². The lowest BCUT2D eigenvalue weighted by atomic mass is 9.99. The van der Waals surface area contributed by atoms with Crippen LogP contribution in [0.4, 0.5) is 0 Å². The Hall–Kier alpha value is -1.58. The van der Waals surface area contributed by atoms with Crippen LogP contribution in [0.15, 0.2) is 34.0 Å². The van der Waals surface area contributed by atoms with E-state index in [9.17, 15) is 0 Å². The second kappa shape index (κ2) is 12.7. The third kappa shape index (κ3) is 7.90. The zero-order chi connectivity index (χ0) is 18.8. The molecule has 1 atom stereocenters. The molecule has 0 radical (unpaired) electrons. The minimum atomic E-state index is 0. The molecule has 0 amide bonds. The molecule has 0 saturated heterocycles. The van der Waals surface area contributed by atoms with Gasteiger partial charge in [-0.15, -0.1) is 24.0 Å². The van der Waals surface area contributed by atoms with Crippen molar-refractivity contribution in [3.05, 3.63) is 36.0 Å².